The van der Waals surface area contributed by atoms with E-state index in [1.165, 1.54) is 22.3 Å². The predicted molar refractivity (Wildman–Crippen MR) is 82.9 cm³/mol. The van der Waals surface area contributed by atoms with Crippen LogP contribution in [0.3, 0.4) is 0 Å². The van der Waals surface area contributed by atoms with Gasteiger partial charge < -0.3 is 10.1 Å². The zero-order valence-corrected chi connectivity index (χ0v) is 13.3. The number of ether oxygens (including phenoxy) is 1. The van der Waals surface area contributed by atoms with Crippen LogP contribution >= 0.6 is 0 Å². The first kappa shape index (κ1) is 16.2. The van der Waals surface area contributed by atoms with Crippen LogP contribution < -0.4 is 5.32 Å². The van der Waals surface area contributed by atoms with Crippen LogP contribution in [0.5, 0.6) is 0 Å². The third kappa shape index (κ3) is 4.96. The van der Waals surface area contributed by atoms with Crippen LogP contribution in [0.15, 0.2) is 12.1 Å². The van der Waals surface area contributed by atoms with E-state index in [-0.39, 0.29) is 0 Å². The summed E-state index contributed by atoms with van der Waals surface area (Å²) in [5, 5.41) is 3.53. The molecule has 0 amide bonds. The van der Waals surface area contributed by atoms with Crippen LogP contribution in [-0.4, -0.2) is 26.3 Å². The smallest absolute Gasteiger partial charge is 0.0587 e. The van der Waals surface area contributed by atoms with Crippen LogP contribution in [0.25, 0.3) is 0 Å². The van der Waals surface area contributed by atoms with E-state index >= 15 is 0 Å². The van der Waals surface area contributed by atoms with Crippen molar-refractivity contribution in [3.05, 3.63) is 34.4 Å². The lowest BCUT2D eigenvalue weighted by Crippen LogP contribution is -2.35. The van der Waals surface area contributed by atoms with Crippen LogP contribution in [0.1, 0.15) is 36.1 Å². The second-order valence-electron chi connectivity index (χ2n) is 5.79. The molecular formula is C17H29NO. The number of rotatable bonds is 7. The molecule has 108 valence electrons. The maximum Gasteiger partial charge on any atom is 0.0587 e. The van der Waals surface area contributed by atoms with Crippen molar-refractivity contribution >= 4 is 0 Å². The summed E-state index contributed by atoms with van der Waals surface area (Å²) in [6, 6.07) is 5.09. The van der Waals surface area contributed by atoms with Gasteiger partial charge in [0.15, 0.2) is 0 Å². The van der Waals surface area contributed by atoms with Crippen molar-refractivity contribution in [3.63, 3.8) is 0 Å². The van der Waals surface area contributed by atoms with Gasteiger partial charge in [0.05, 0.1) is 6.61 Å². The van der Waals surface area contributed by atoms with Crippen LogP contribution in [-0.2, 0) is 11.2 Å². The topological polar surface area (TPSA) is 21.3 Å². The van der Waals surface area contributed by atoms with Crippen molar-refractivity contribution in [2.24, 2.45) is 5.92 Å². The second kappa shape index (κ2) is 7.66. The van der Waals surface area contributed by atoms with Crippen molar-refractivity contribution in [1.29, 1.82) is 0 Å². The molecule has 2 heteroatoms. The molecule has 0 saturated carbocycles. The fourth-order valence-corrected chi connectivity index (χ4v) is 2.62. The van der Waals surface area contributed by atoms with E-state index in [1.54, 1.807) is 7.11 Å². The maximum absolute atomic E-state index is 5.08. The largest absolute Gasteiger partial charge is 0.383 e. The zero-order valence-electron chi connectivity index (χ0n) is 13.3. The summed E-state index contributed by atoms with van der Waals surface area (Å²) in [6.07, 6.45) is 1.14. The molecule has 0 saturated heterocycles. The average molecular weight is 263 g/mol. The minimum atomic E-state index is 0.509. The van der Waals surface area contributed by atoms with Gasteiger partial charge in [0.2, 0.25) is 0 Å². The number of nitrogens with one attached hydrogen (secondary N) is 1. The van der Waals surface area contributed by atoms with E-state index in [1.807, 2.05) is 0 Å². The van der Waals surface area contributed by atoms with E-state index < -0.39 is 0 Å². The molecule has 0 heterocycles. The van der Waals surface area contributed by atoms with Gasteiger partial charge in [-0.05, 0) is 56.7 Å². The SMILES string of the molecule is COCCNC(C)C(C)Cc1c(C)cc(C)cc1C. The Balaban J connectivity index is 2.63. The highest BCUT2D eigenvalue weighted by Crippen LogP contribution is 2.21. The van der Waals surface area contributed by atoms with Crippen molar-refractivity contribution in [1.82, 2.24) is 5.32 Å². The van der Waals surface area contributed by atoms with Gasteiger partial charge in [-0.15, -0.1) is 0 Å². The van der Waals surface area contributed by atoms with Crippen LogP contribution in [0.4, 0.5) is 0 Å². The number of aryl methyl sites for hydroxylation is 3. The molecule has 2 atom stereocenters. The van der Waals surface area contributed by atoms with Gasteiger partial charge in [-0.25, -0.2) is 0 Å². The Labute approximate surface area is 118 Å². The standard InChI is InChI=1S/C17H29NO/c1-12-9-14(3)17(15(4)10-12)11-13(2)16(5)18-7-8-19-6/h9-10,13,16,18H,7-8,11H2,1-6H3. The minimum Gasteiger partial charge on any atom is -0.383 e. The number of hydrogen-bond donors (Lipinski definition) is 1. The molecular weight excluding hydrogens is 234 g/mol. The van der Waals surface area contributed by atoms with E-state index in [0.717, 1.165) is 19.6 Å². The molecule has 1 aromatic carbocycles. The molecule has 0 aliphatic rings. The molecule has 2 nitrogen and oxygen atoms in total. The zero-order chi connectivity index (χ0) is 14.4. The summed E-state index contributed by atoms with van der Waals surface area (Å²) < 4.78 is 5.08. The average Bonchev–Trinajstić information content (AvgIpc) is 2.33. The Morgan fingerprint density at radius 1 is 1.11 bits per heavy atom. The summed E-state index contributed by atoms with van der Waals surface area (Å²) in [6.45, 7) is 12.9. The fraction of sp³-hybridized carbons (Fsp3) is 0.647. The summed E-state index contributed by atoms with van der Waals surface area (Å²) in [5.74, 6) is 0.622. The first-order valence-electron chi connectivity index (χ1n) is 7.24. The first-order chi connectivity index (χ1) is 8.95. The Bertz CT molecular complexity index is 377. The molecule has 0 radical (unpaired) electrons. The van der Waals surface area contributed by atoms with Gasteiger partial charge in [-0.1, -0.05) is 24.6 Å². The number of benzene rings is 1. The van der Waals surface area contributed by atoms with E-state index in [2.05, 4.69) is 52.1 Å². The molecule has 0 aliphatic heterocycles. The third-order valence-electron chi connectivity index (χ3n) is 3.99. The molecule has 0 fully saturated rings. The fourth-order valence-electron chi connectivity index (χ4n) is 2.62. The lowest BCUT2D eigenvalue weighted by molar-refractivity contribution is 0.192. The van der Waals surface area contributed by atoms with Gasteiger partial charge in [-0.2, -0.15) is 0 Å². The normalized spacial score (nSPS) is 14.4. The highest BCUT2D eigenvalue weighted by Gasteiger charge is 2.14. The van der Waals surface area contributed by atoms with E-state index in [4.69, 9.17) is 4.74 Å². The van der Waals surface area contributed by atoms with Crippen molar-refractivity contribution < 1.29 is 4.74 Å². The summed E-state index contributed by atoms with van der Waals surface area (Å²) in [7, 11) is 1.74. The Morgan fingerprint density at radius 2 is 1.68 bits per heavy atom. The van der Waals surface area contributed by atoms with Gasteiger partial charge in [0.1, 0.15) is 0 Å². The molecule has 0 bridgehead atoms. The highest BCUT2D eigenvalue weighted by molar-refractivity contribution is 5.37. The molecule has 0 aromatic heterocycles. The molecule has 0 spiro atoms. The Hall–Kier alpha value is -0.860. The third-order valence-corrected chi connectivity index (χ3v) is 3.99. The highest BCUT2D eigenvalue weighted by atomic mass is 16.5. The van der Waals surface area contributed by atoms with Crippen molar-refractivity contribution in [2.45, 2.75) is 47.1 Å². The molecule has 1 aromatic rings. The van der Waals surface area contributed by atoms with Crippen LogP contribution in [0, 0.1) is 26.7 Å². The monoisotopic (exact) mass is 263 g/mol. The number of hydrogen-bond acceptors (Lipinski definition) is 2. The maximum atomic E-state index is 5.08. The van der Waals surface area contributed by atoms with E-state index in [9.17, 15) is 0 Å². The molecule has 2 unspecified atom stereocenters. The first-order valence-corrected chi connectivity index (χ1v) is 7.24. The molecule has 1 N–H and O–H groups in total. The summed E-state index contributed by atoms with van der Waals surface area (Å²) >= 11 is 0. The molecule has 19 heavy (non-hydrogen) atoms. The number of methoxy groups -OCH3 is 1. The van der Waals surface area contributed by atoms with Crippen molar-refractivity contribution in [3.8, 4) is 0 Å². The van der Waals surface area contributed by atoms with Gasteiger partial charge in [0.25, 0.3) is 0 Å². The second-order valence-corrected chi connectivity index (χ2v) is 5.79. The van der Waals surface area contributed by atoms with Gasteiger partial charge >= 0.3 is 0 Å². The molecule has 1 rings (SSSR count). The Morgan fingerprint density at radius 3 is 2.21 bits per heavy atom. The van der Waals surface area contributed by atoms with Crippen molar-refractivity contribution in [2.75, 3.05) is 20.3 Å². The Kier molecular flexibility index (Phi) is 6.53. The summed E-state index contributed by atoms with van der Waals surface area (Å²) in [4.78, 5) is 0. The van der Waals surface area contributed by atoms with E-state index in [0.29, 0.717) is 12.0 Å². The minimum absolute atomic E-state index is 0.509. The quantitative estimate of drug-likeness (QED) is 0.761. The van der Waals surface area contributed by atoms with Gasteiger partial charge in [0, 0.05) is 19.7 Å². The lowest BCUT2D eigenvalue weighted by atomic mass is 9.89. The predicted octanol–water partition coefficient (Wildman–Crippen LogP) is 3.41. The lowest BCUT2D eigenvalue weighted by Gasteiger charge is -2.23. The summed E-state index contributed by atoms with van der Waals surface area (Å²) in [5.41, 5.74) is 5.72. The van der Waals surface area contributed by atoms with Crippen LogP contribution in [0.2, 0.25) is 0 Å². The molecule has 0 aliphatic carbocycles. The van der Waals surface area contributed by atoms with Gasteiger partial charge in [-0.3, -0.25) is 0 Å².